The number of carbonyl (C=O) groups excluding carboxylic acids is 2. The van der Waals surface area contributed by atoms with E-state index in [4.69, 9.17) is 29.3 Å². The van der Waals surface area contributed by atoms with Crippen molar-refractivity contribution in [2.24, 2.45) is 0 Å². The molecule has 2 aromatic rings. The van der Waals surface area contributed by atoms with E-state index in [-0.39, 0.29) is 30.5 Å². The second-order valence-corrected chi connectivity index (χ2v) is 17.4. The van der Waals surface area contributed by atoms with Crippen LogP contribution in [0.15, 0.2) is 70.6 Å². The largest absolute Gasteiger partial charge is 0.490 e. The number of nitriles is 2. The Hall–Kier alpha value is -4.10. The van der Waals surface area contributed by atoms with E-state index in [1.165, 1.54) is 5.57 Å². The highest BCUT2D eigenvalue weighted by Gasteiger charge is 2.52. The Morgan fingerprint density at radius 1 is 0.741 bits per heavy atom. The van der Waals surface area contributed by atoms with Crippen LogP contribution in [0.25, 0.3) is 5.57 Å². The Bertz CT molecular complexity index is 1710. The summed E-state index contributed by atoms with van der Waals surface area (Å²) < 4.78 is 23.9. The summed E-state index contributed by atoms with van der Waals surface area (Å²) in [7, 11) is -0.314. The number of halogens is 1. The molecule has 2 aromatic carbocycles. The van der Waals surface area contributed by atoms with Gasteiger partial charge in [0.05, 0.1) is 36.2 Å². The van der Waals surface area contributed by atoms with Crippen molar-refractivity contribution >= 4 is 40.8 Å². The predicted molar refractivity (Wildman–Crippen MR) is 216 cm³/mol. The first-order valence-electron chi connectivity index (χ1n) is 18.4. The van der Waals surface area contributed by atoms with E-state index >= 15 is 0 Å². The molecule has 0 aliphatic carbocycles. The molecule has 0 unspecified atom stereocenters. The molecule has 0 radical (unpaired) electrons. The molecule has 290 valence electrons. The minimum Gasteiger partial charge on any atom is -0.444 e. The third-order valence-corrected chi connectivity index (χ3v) is 9.65. The Kier molecular flexibility index (Phi) is 15.6. The Labute approximate surface area is 331 Å². The van der Waals surface area contributed by atoms with Crippen LogP contribution >= 0.6 is 15.9 Å². The molecule has 0 aromatic heterocycles. The van der Waals surface area contributed by atoms with Crippen LogP contribution in [0.2, 0.25) is 0 Å². The maximum atomic E-state index is 12.1. The lowest BCUT2D eigenvalue weighted by atomic mass is 9.75. The van der Waals surface area contributed by atoms with Crippen molar-refractivity contribution < 1.29 is 28.4 Å². The lowest BCUT2D eigenvalue weighted by Crippen LogP contribution is -2.41. The number of hydrogen-bond donors (Lipinski definition) is 0. The van der Waals surface area contributed by atoms with Gasteiger partial charge < -0.3 is 28.6 Å². The number of carbonyl (C=O) groups is 2. The van der Waals surface area contributed by atoms with Crippen LogP contribution in [0, 0.1) is 22.7 Å². The Balaban J connectivity index is 0.000000233. The van der Waals surface area contributed by atoms with Gasteiger partial charge in [-0.3, -0.25) is 0 Å². The van der Waals surface area contributed by atoms with Gasteiger partial charge in [-0.1, -0.05) is 64.5 Å². The molecule has 0 atom stereocenters. The van der Waals surface area contributed by atoms with Crippen LogP contribution in [0.1, 0.15) is 98.8 Å². The summed E-state index contributed by atoms with van der Waals surface area (Å²) in [5, 5.41) is 17.0. The van der Waals surface area contributed by atoms with Crippen molar-refractivity contribution in [3.8, 4) is 12.1 Å². The molecule has 3 aliphatic heterocycles. The van der Waals surface area contributed by atoms with E-state index < -0.39 is 11.2 Å². The van der Waals surface area contributed by atoms with Crippen molar-refractivity contribution in [3.63, 3.8) is 0 Å². The summed E-state index contributed by atoms with van der Waals surface area (Å²) in [6.07, 6.45) is 6.07. The summed E-state index contributed by atoms with van der Waals surface area (Å²) >= 11 is 3.31. The van der Waals surface area contributed by atoms with E-state index in [1.807, 2.05) is 124 Å². The fourth-order valence-electron chi connectivity index (χ4n) is 5.43. The Morgan fingerprint density at radius 2 is 1.17 bits per heavy atom. The van der Waals surface area contributed by atoms with Crippen molar-refractivity contribution in [1.29, 1.82) is 10.5 Å². The summed E-state index contributed by atoms with van der Waals surface area (Å²) in [5.74, 6) is 0. The molecule has 10 nitrogen and oxygen atoms in total. The van der Waals surface area contributed by atoms with Gasteiger partial charge in [0.15, 0.2) is 0 Å². The predicted octanol–water partition coefficient (Wildman–Crippen LogP) is 9.48. The molecular weight excluding hydrogens is 747 g/mol. The maximum absolute atomic E-state index is 12.1. The normalized spacial score (nSPS) is 17.6. The van der Waals surface area contributed by atoms with Gasteiger partial charge in [0.1, 0.15) is 11.2 Å². The molecule has 3 aliphatic rings. The number of amides is 2. The van der Waals surface area contributed by atoms with Crippen LogP contribution < -0.4 is 0 Å². The van der Waals surface area contributed by atoms with Gasteiger partial charge in [-0.25, -0.2) is 9.59 Å². The van der Waals surface area contributed by atoms with E-state index in [0.717, 1.165) is 39.5 Å². The minimum atomic E-state index is -0.465. The topological polar surface area (TPSA) is 125 Å². The van der Waals surface area contributed by atoms with Gasteiger partial charge in [-0.2, -0.15) is 10.5 Å². The van der Waals surface area contributed by atoms with Crippen LogP contribution in [-0.4, -0.2) is 77.7 Å². The highest BCUT2D eigenvalue weighted by Crippen LogP contribution is 2.39. The van der Waals surface area contributed by atoms with E-state index in [1.54, 1.807) is 9.80 Å². The maximum Gasteiger partial charge on any atom is 0.490 e. The molecule has 2 amide bonds. The highest BCUT2D eigenvalue weighted by molar-refractivity contribution is 9.10. The quantitative estimate of drug-likeness (QED) is 0.280. The van der Waals surface area contributed by atoms with Crippen LogP contribution in [0.5, 0.6) is 0 Å². The fraction of sp³-hybridized carbons (Fsp3) is 0.524. The van der Waals surface area contributed by atoms with Gasteiger partial charge in [0.25, 0.3) is 0 Å². The fourth-order valence-corrected chi connectivity index (χ4v) is 5.70. The van der Waals surface area contributed by atoms with Gasteiger partial charge in [0.2, 0.25) is 0 Å². The third-order valence-electron chi connectivity index (χ3n) is 9.12. The zero-order valence-electron chi connectivity index (χ0n) is 33.6. The number of ether oxygens (including phenoxy) is 2. The van der Waals surface area contributed by atoms with E-state index in [0.29, 0.717) is 39.0 Å². The first-order valence-corrected chi connectivity index (χ1v) is 19.2. The third kappa shape index (κ3) is 14.0. The van der Waals surface area contributed by atoms with Crippen LogP contribution in [0.4, 0.5) is 9.59 Å². The van der Waals surface area contributed by atoms with Gasteiger partial charge in [-0.15, -0.1) is 0 Å². The first-order chi connectivity index (χ1) is 25.1. The molecule has 0 spiro atoms. The first kappa shape index (κ1) is 44.3. The summed E-state index contributed by atoms with van der Waals surface area (Å²) in [4.78, 5) is 27.5. The molecule has 54 heavy (non-hydrogen) atoms. The average Bonchev–Trinajstić information content (AvgIpc) is 3.31. The van der Waals surface area contributed by atoms with Crippen molar-refractivity contribution in [3.05, 3.63) is 87.3 Å². The molecule has 0 N–H and O–H groups in total. The van der Waals surface area contributed by atoms with E-state index in [2.05, 4.69) is 34.1 Å². The monoisotopic (exact) mass is 802 g/mol. The standard InChI is InChI=1S/C18H22N2O2.C16H28BNO4.C8H6BrN/c1-18(2,3)22-17(21)20-12-9-16(10-13-20)15-6-4-14(5-7-15)8-11-19;1-14(2,3)20-13(19)18-10-8-12(9-11-18)17-21-15(4,5)16(6,7)22-17;9-8-3-1-7(2-4-8)5-6-10/h4-7,9H,8,10,12-13H2,1-3H3;8H,9-11H2,1-7H3;1-4H,5H2. The molecule has 12 heteroatoms. The SMILES string of the molecule is CC(C)(C)OC(=O)N1CC=C(B2OC(C)(C)C(C)(C)O2)CC1.CC(C)(C)OC(=O)N1CC=C(c2ccc(CC#N)cc2)CC1.N#CCc1ccc(Br)cc1. The lowest BCUT2D eigenvalue weighted by molar-refractivity contribution is 0.00578. The molecule has 1 fully saturated rings. The molecule has 5 rings (SSSR count). The van der Waals surface area contributed by atoms with Crippen LogP contribution in [-0.2, 0) is 31.6 Å². The van der Waals surface area contributed by atoms with Gasteiger partial charge in [-0.05, 0) is 122 Å². The minimum absolute atomic E-state index is 0.257. The zero-order valence-corrected chi connectivity index (χ0v) is 35.2. The average molecular weight is 804 g/mol. The van der Waals surface area contributed by atoms with Crippen LogP contribution in [0.3, 0.4) is 0 Å². The summed E-state index contributed by atoms with van der Waals surface area (Å²) in [5.41, 5.74) is 4.00. The summed E-state index contributed by atoms with van der Waals surface area (Å²) in [6, 6.07) is 20.0. The number of hydrogen-bond acceptors (Lipinski definition) is 8. The lowest BCUT2D eigenvalue weighted by Gasteiger charge is -2.32. The molecule has 1 saturated heterocycles. The second-order valence-electron chi connectivity index (χ2n) is 16.4. The van der Waals surface area contributed by atoms with Crippen molar-refractivity contribution in [2.75, 3.05) is 26.2 Å². The van der Waals surface area contributed by atoms with Crippen molar-refractivity contribution in [2.45, 2.75) is 117 Å². The molecule has 0 bridgehead atoms. The zero-order chi connectivity index (χ0) is 40.3. The summed E-state index contributed by atoms with van der Waals surface area (Å²) in [6.45, 7) is 21.8. The van der Waals surface area contributed by atoms with Crippen molar-refractivity contribution in [1.82, 2.24) is 9.80 Å². The molecule has 3 heterocycles. The molecular formula is C42H56BBrN4O6. The number of rotatable bonds is 4. The highest BCUT2D eigenvalue weighted by atomic mass is 79.9. The number of benzene rings is 2. The smallest absolute Gasteiger partial charge is 0.444 e. The van der Waals surface area contributed by atoms with E-state index in [9.17, 15) is 9.59 Å². The van der Waals surface area contributed by atoms with Gasteiger partial charge in [0, 0.05) is 30.7 Å². The second kappa shape index (κ2) is 19.0. The van der Waals surface area contributed by atoms with Gasteiger partial charge >= 0.3 is 19.3 Å². The molecule has 0 saturated carbocycles. The Morgan fingerprint density at radius 3 is 1.54 bits per heavy atom. The number of nitrogens with zero attached hydrogens (tertiary/aromatic N) is 4.